The molecule has 2 aromatic heterocycles. The van der Waals surface area contributed by atoms with Crippen LogP contribution in [0.25, 0.3) is 21.8 Å². The normalized spacial score (nSPS) is 11.3. The van der Waals surface area contributed by atoms with Gasteiger partial charge in [0.25, 0.3) is 11.5 Å². The number of fused-ring (bicyclic) bond motifs is 2. The fourth-order valence-electron chi connectivity index (χ4n) is 3.87. The van der Waals surface area contributed by atoms with Gasteiger partial charge in [-0.15, -0.1) is 0 Å². The van der Waals surface area contributed by atoms with Crippen molar-refractivity contribution in [2.45, 2.75) is 39.2 Å². The van der Waals surface area contributed by atoms with Gasteiger partial charge in [-0.1, -0.05) is 38.0 Å². The monoisotopic (exact) mass is 418 g/mol. The van der Waals surface area contributed by atoms with Gasteiger partial charge in [0.1, 0.15) is 0 Å². The third-order valence-corrected chi connectivity index (χ3v) is 5.58. The Morgan fingerprint density at radius 1 is 1.03 bits per heavy atom. The summed E-state index contributed by atoms with van der Waals surface area (Å²) in [5.41, 5.74) is 2.24. The summed E-state index contributed by atoms with van der Waals surface area (Å²) in [5.74, 6) is -0.241. The molecular weight excluding hydrogens is 392 g/mol. The van der Waals surface area contributed by atoms with Crippen LogP contribution in [0.4, 0.5) is 0 Å². The first-order valence-corrected chi connectivity index (χ1v) is 10.7. The standard InChI is InChI=1S/C24H26N4O3/c1-2-3-6-13-28-23(30)19-10-9-16(14-21(19)27-24(28)31)22(29)25-12-11-17-15-26-20-8-5-4-7-18(17)20/h4-5,7-10,14-15,26H,2-3,6,11-13H2,1H3,(H,25,29)(H,27,31). The van der Waals surface area contributed by atoms with Crippen molar-refractivity contribution < 1.29 is 4.79 Å². The molecule has 0 aliphatic carbocycles. The average Bonchev–Trinajstić information content (AvgIpc) is 3.19. The lowest BCUT2D eigenvalue weighted by Gasteiger charge is -2.08. The number of aromatic amines is 2. The molecule has 1 amide bonds. The Morgan fingerprint density at radius 2 is 1.87 bits per heavy atom. The van der Waals surface area contributed by atoms with E-state index in [0.29, 0.717) is 36.0 Å². The first-order valence-electron chi connectivity index (χ1n) is 10.7. The van der Waals surface area contributed by atoms with Crippen molar-refractivity contribution in [3.63, 3.8) is 0 Å². The highest BCUT2D eigenvalue weighted by molar-refractivity contribution is 5.97. The smallest absolute Gasteiger partial charge is 0.328 e. The maximum atomic E-state index is 12.7. The van der Waals surface area contributed by atoms with Gasteiger partial charge in [0.05, 0.1) is 10.9 Å². The lowest BCUT2D eigenvalue weighted by Crippen LogP contribution is -2.35. The summed E-state index contributed by atoms with van der Waals surface area (Å²) >= 11 is 0. The van der Waals surface area contributed by atoms with E-state index in [0.717, 1.165) is 35.7 Å². The number of amides is 1. The topological polar surface area (TPSA) is 99.8 Å². The van der Waals surface area contributed by atoms with Crippen LogP contribution in [0, 0.1) is 0 Å². The molecule has 4 aromatic rings. The van der Waals surface area contributed by atoms with Crippen molar-refractivity contribution in [3.8, 4) is 0 Å². The van der Waals surface area contributed by atoms with Gasteiger partial charge < -0.3 is 15.3 Å². The van der Waals surface area contributed by atoms with Gasteiger partial charge in [-0.3, -0.25) is 14.2 Å². The van der Waals surface area contributed by atoms with Crippen LogP contribution >= 0.6 is 0 Å². The summed E-state index contributed by atoms with van der Waals surface area (Å²) in [6.07, 6.45) is 5.41. The fraction of sp³-hybridized carbons (Fsp3) is 0.292. The van der Waals surface area contributed by atoms with E-state index in [9.17, 15) is 14.4 Å². The number of rotatable bonds is 8. The van der Waals surface area contributed by atoms with E-state index in [1.54, 1.807) is 18.2 Å². The zero-order valence-corrected chi connectivity index (χ0v) is 17.5. The van der Waals surface area contributed by atoms with E-state index < -0.39 is 5.69 Å². The van der Waals surface area contributed by atoms with Gasteiger partial charge in [-0.2, -0.15) is 0 Å². The van der Waals surface area contributed by atoms with Gasteiger partial charge in [-0.05, 0) is 42.7 Å². The first kappa shape index (κ1) is 20.7. The van der Waals surface area contributed by atoms with Gasteiger partial charge in [0.15, 0.2) is 0 Å². The lowest BCUT2D eigenvalue weighted by molar-refractivity contribution is 0.0954. The Labute approximate surface area is 179 Å². The molecule has 0 saturated carbocycles. The van der Waals surface area contributed by atoms with Gasteiger partial charge in [-0.25, -0.2) is 4.79 Å². The number of benzene rings is 2. The second-order valence-electron chi connectivity index (χ2n) is 7.72. The molecule has 2 heterocycles. The Morgan fingerprint density at radius 3 is 2.71 bits per heavy atom. The maximum Gasteiger partial charge on any atom is 0.328 e. The van der Waals surface area contributed by atoms with Crippen LogP contribution in [0.5, 0.6) is 0 Å². The molecule has 160 valence electrons. The molecule has 0 fully saturated rings. The summed E-state index contributed by atoms with van der Waals surface area (Å²) in [4.78, 5) is 43.6. The van der Waals surface area contributed by atoms with Crippen LogP contribution in [0.3, 0.4) is 0 Å². The summed E-state index contributed by atoms with van der Waals surface area (Å²) in [6, 6.07) is 12.8. The molecule has 31 heavy (non-hydrogen) atoms. The summed E-state index contributed by atoms with van der Waals surface area (Å²) in [5, 5.41) is 4.47. The Balaban J connectivity index is 1.47. The highest BCUT2D eigenvalue weighted by Crippen LogP contribution is 2.17. The average molecular weight is 418 g/mol. The molecule has 0 unspecified atom stereocenters. The summed E-state index contributed by atoms with van der Waals surface area (Å²) < 4.78 is 1.24. The number of hydrogen-bond acceptors (Lipinski definition) is 3. The molecule has 2 aromatic carbocycles. The minimum Gasteiger partial charge on any atom is -0.361 e. The van der Waals surface area contributed by atoms with Crippen molar-refractivity contribution in [1.29, 1.82) is 0 Å². The van der Waals surface area contributed by atoms with E-state index in [2.05, 4.69) is 28.3 Å². The largest absolute Gasteiger partial charge is 0.361 e. The van der Waals surface area contributed by atoms with Crippen molar-refractivity contribution in [2.75, 3.05) is 6.54 Å². The number of unbranched alkanes of at least 4 members (excludes halogenated alkanes) is 2. The van der Waals surface area contributed by atoms with Gasteiger partial charge in [0.2, 0.25) is 0 Å². The second kappa shape index (κ2) is 9.04. The Bertz CT molecular complexity index is 1350. The molecule has 7 heteroatoms. The van der Waals surface area contributed by atoms with Crippen LogP contribution in [0.2, 0.25) is 0 Å². The van der Waals surface area contributed by atoms with E-state index in [-0.39, 0.29) is 11.5 Å². The molecule has 0 spiro atoms. The molecule has 0 atom stereocenters. The summed E-state index contributed by atoms with van der Waals surface area (Å²) in [7, 11) is 0. The Kier molecular flexibility index (Phi) is 6.02. The lowest BCUT2D eigenvalue weighted by atomic mass is 10.1. The third kappa shape index (κ3) is 4.30. The number of aromatic nitrogens is 3. The quantitative estimate of drug-likeness (QED) is 0.383. The third-order valence-electron chi connectivity index (χ3n) is 5.58. The SMILES string of the molecule is CCCCCn1c(=O)[nH]c2cc(C(=O)NCCc3c[nH]c4ccccc34)ccc2c1=O. The van der Waals surface area contributed by atoms with Crippen LogP contribution in [0.15, 0.2) is 58.3 Å². The zero-order chi connectivity index (χ0) is 21.8. The fourth-order valence-corrected chi connectivity index (χ4v) is 3.87. The maximum absolute atomic E-state index is 12.7. The number of carbonyl (C=O) groups excluding carboxylic acids is 1. The van der Waals surface area contributed by atoms with Crippen molar-refractivity contribution in [2.24, 2.45) is 0 Å². The molecule has 0 bridgehead atoms. The predicted molar refractivity (Wildman–Crippen MR) is 123 cm³/mol. The molecule has 7 nitrogen and oxygen atoms in total. The van der Waals surface area contributed by atoms with E-state index in [4.69, 9.17) is 0 Å². The van der Waals surface area contributed by atoms with Crippen molar-refractivity contribution in [1.82, 2.24) is 19.9 Å². The van der Waals surface area contributed by atoms with Crippen LogP contribution in [-0.4, -0.2) is 27.0 Å². The van der Waals surface area contributed by atoms with Crippen molar-refractivity contribution >= 4 is 27.7 Å². The molecule has 0 saturated heterocycles. The number of nitrogens with one attached hydrogen (secondary N) is 3. The number of para-hydroxylation sites is 1. The number of nitrogens with zero attached hydrogens (tertiary/aromatic N) is 1. The van der Waals surface area contributed by atoms with Gasteiger partial charge >= 0.3 is 5.69 Å². The minimum atomic E-state index is -0.439. The number of carbonyl (C=O) groups is 1. The molecule has 0 aliphatic heterocycles. The highest BCUT2D eigenvalue weighted by atomic mass is 16.2. The van der Waals surface area contributed by atoms with E-state index >= 15 is 0 Å². The molecule has 0 aliphatic rings. The summed E-state index contributed by atoms with van der Waals surface area (Å²) in [6.45, 7) is 2.95. The van der Waals surface area contributed by atoms with E-state index in [1.807, 2.05) is 24.4 Å². The molecule has 3 N–H and O–H groups in total. The van der Waals surface area contributed by atoms with Crippen LogP contribution in [-0.2, 0) is 13.0 Å². The Hall–Kier alpha value is -3.61. The second-order valence-corrected chi connectivity index (χ2v) is 7.72. The van der Waals surface area contributed by atoms with E-state index in [1.165, 1.54) is 4.57 Å². The molecule has 4 rings (SSSR count). The highest BCUT2D eigenvalue weighted by Gasteiger charge is 2.12. The predicted octanol–water partition coefficient (Wildman–Crippen LogP) is 3.33. The first-order chi connectivity index (χ1) is 15.1. The van der Waals surface area contributed by atoms with Crippen molar-refractivity contribution in [3.05, 3.63) is 80.6 Å². The number of H-pyrrole nitrogens is 2. The molecule has 0 radical (unpaired) electrons. The zero-order valence-electron chi connectivity index (χ0n) is 17.5. The minimum absolute atomic E-state index is 0.241. The van der Waals surface area contributed by atoms with Gasteiger partial charge in [0, 0.05) is 35.8 Å². The molecular formula is C24H26N4O3. The van der Waals surface area contributed by atoms with Crippen LogP contribution in [0.1, 0.15) is 42.1 Å². The van der Waals surface area contributed by atoms with Crippen LogP contribution < -0.4 is 16.6 Å². The number of hydrogen-bond donors (Lipinski definition) is 3.